The minimum atomic E-state index is 0.246. The summed E-state index contributed by atoms with van der Waals surface area (Å²) in [4.78, 5) is 22.4. The lowest BCUT2D eigenvalue weighted by molar-refractivity contribution is -0.135. The third-order valence-electron chi connectivity index (χ3n) is 4.14. The van der Waals surface area contributed by atoms with Gasteiger partial charge in [-0.05, 0) is 32.6 Å². The molecule has 3 heterocycles. The monoisotopic (exact) mass is 279 g/mol. The number of hydrogen-bond acceptors (Lipinski definition) is 4. The SMILES string of the molecule is Cc1cnc(N2CCC(C(=O)N3CCCC3)CC2)s1. The molecule has 0 atom stereocenters. The predicted octanol–water partition coefficient (Wildman–Crippen LogP) is 2.29. The van der Waals surface area contributed by atoms with Crippen LogP contribution in [0.2, 0.25) is 0 Å². The summed E-state index contributed by atoms with van der Waals surface area (Å²) in [5.41, 5.74) is 0. The first-order valence-electron chi connectivity index (χ1n) is 7.20. The smallest absolute Gasteiger partial charge is 0.225 e. The molecule has 2 fully saturated rings. The maximum absolute atomic E-state index is 12.3. The quantitative estimate of drug-likeness (QED) is 0.833. The average molecular weight is 279 g/mol. The van der Waals surface area contributed by atoms with E-state index >= 15 is 0 Å². The molecule has 2 aliphatic heterocycles. The molecule has 104 valence electrons. The number of aryl methyl sites for hydroxylation is 1. The zero-order valence-corrected chi connectivity index (χ0v) is 12.3. The van der Waals surface area contributed by atoms with E-state index in [1.165, 1.54) is 17.7 Å². The molecule has 0 radical (unpaired) electrons. The normalized spacial score (nSPS) is 21.1. The standard InChI is InChI=1S/C14H21N3OS/c1-11-10-15-14(19-11)17-8-4-12(5-9-17)13(18)16-6-2-3-7-16/h10,12H,2-9H2,1H3. The second-order valence-electron chi connectivity index (χ2n) is 5.55. The van der Waals surface area contributed by atoms with Gasteiger partial charge in [-0.3, -0.25) is 4.79 Å². The van der Waals surface area contributed by atoms with Crippen LogP contribution in [-0.4, -0.2) is 42.0 Å². The molecule has 0 unspecified atom stereocenters. The van der Waals surface area contributed by atoms with Gasteiger partial charge in [0, 0.05) is 43.2 Å². The Morgan fingerprint density at radius 2 is 1.95 bits per heavy atom. The Morgan fingerprint density at radius 3 is 2.53 bits per heavy atom. The summed E-state index contributed by atoms with van der Waals surface area (Å²) in [7, 11) is 0. The number of aromatic nitrogens is 1. The molecule has 0 saturated carbocycles. The highest BCUT2D eigenvalue weighted by molar-refractivity contribution is 7.15. The number of nitrogens with zero attached hydrogens (tertiary/aromatic N) is 3. The fourth-order valence-corrected chi connectivity index (χ4v) is 3.81. The molecule has 5 heteroatoms. The van der Waals surface area contributed by atoms with Crippen LogP contribution in [0.5, 0.6) is 0 Å². The van der Waals surface area contributed by atoms with Crippen molar-refractivity contribution in [2.24, 2.45) is 5.92 Å². The Kier molecular flexibility index (Phi) is 3.73. The highest BCUT2D eigenvalue weighted by Gasteiger charge is 2.30. The number of thiazole rings is 1. The van der Waals surface area contributed by atoms with Crippen LogP contribution in [0.25, 0.3) is 0 Å². The van der Waals surface area contributed by atoms with Crippen LogP contribution < -0.4 is 4.90 Å². The van der Waals surface area contributed by atoms with E-state index in [1.807, 2.05) is 6.20 Å². The minimum absolute atomic E-state index is 0.246. The lowest BCUT2D eigenvalue weighted by atomic mass is 9.95. The van der Waals surface area contributed by atoms with E-state index in [1.54, 1.807) is 11.3 Å². The topological polar surface area (TPSA) is 36.4 Å². The van der Waals surface area contributed by atoms with Crippen LogP contribution in [-0.2, 0) is 4.79 Å². The zero-order chi connectivity index (χ0) is 13.2. The van der Waals surface area contributed by atoms with Crippen LogP contribution in [0.3, 0.4) is 0 Å². The largest absolute Gasteiger partial charge is 0.348 e. The summed E-state index contributed by atoms with van der Waals surface area (Å²) in [6, 6.07) is 0. The van der Waals surface area contributed by atoms with Gasteiger partial charge in [-0.25, -0.2) is 4.98 Å². The van der Waals surface area contributed by atoms with Crippen molar-refractivity contribution in [2.45, 2.75) is 32.6 Å². The number of carbonyl (C=O) groups excluding carboxylic acids is 1. The zero-order valence-electron chi connectivity index (χ0n) is 11.5. The third kappa shape index (κ3) is 2.76. The molecule has 0 aliphatic carbocycles. The van der Waals surface area contributed by atoms with Gasteiger partial charge in [0.2, 0.25) is 5.91 Å². The van der Waals surface area contributed by atoms with E-state index in [0.717, 1.165) is 44.2 Å². The highest BCUT2D eigenvalue weighted by Crippen LogP contribution is 2.28. The van der Waals surface area contributed by atoms with Gasteiger partial charge >= 0.3 is 0 Å². The maximum Gasteiger partial charge on any atom is 0.225 e. The van der Waals surface area contributed by atoms with E-state index in [2.05, 4.69) is 21.7 Å². The summed E-state index contributed by atoms with van der Waals surface area (Å²) >= 11 is 1.75. The van der Waals surface area contributed by atoms with Gasteiger partial charge in [0.05, 0.1) is 0 Å². The first-order valence-corrected chi connectivity index (χ1v) is 8.02. The number of rotatable bonds is 2. The van der Waals surface area contributed by atoms with Gasteiger partial charge in [-0.2, -0.15) is 0 Å². The lowest BCUT2D eigenvalue weighted by Gasteiger charge is -2.32. The number of anilines is 1. The lowest BCUT2D eigenvalue weighted by Crippen LogP contribution is -2.41. The Morgan fingerprint density at radius 1 is 1.26 bits per heavy atom. The molecule has 2 aliphatic rings. The van der Waals surface area contributed by atoms with Crippen LogP contribution >= 0.6 is 11.3 Å². The Bertz CT molecular complexity index is 445. The Hall–Kier alpha value is -1.10. The first-order chi connectivity index (χ1) is 9.24. The molecule has 1 aromatic rings. The number of hydrogen-bond donors (Lipinski definition) is 0. The van der Waals surface area contributed by atoms with E-state index in [9.17, 15) is 4.79 Å². The molecule has 4 nitrogen and oxygen atoms in total. The van der Waals surface area contributed by atoms with Gasteiger partial charge in [-0.15, -0.1) is 11.3 Å². The summed E-state index contributed by atoms with van der Waals surface area (Å²) in [5.74, 6) is 0.642. The molecule has 1 amide bonds. The van der Waals surface area contributed by atoms with Gasteiger partial charge < -0.3 is 9.80 Å². The fraction of sp³-hybridized carbons (Fsp3) is 0.714. The number of amides is 1. The summed E-state index contributed by atoms with van der Waals surface area (Å²) in [6.45, 7) is 5.98. The summed E-state index contributed by atoms with van der Waals surface area (Å²) in [6.07, 6.45) is 6.26. The Balaban J connectivity index is 1.55. The van der Waals surface area contributed by atoms with Crippen LogP contribution in [0.15, 0.2) is 6.20 Å². The minimum Gasteiger partial charge on any atom is -0.348 e. The molecule has 3 rings (SSSR count). The summed E-state index contributed by atoms with van der Waals surface area (Å²) < 4.78 is 0. The molecule has 19 heavy (non-hydrogen) atoms. The van der Waals surface area contributed by atoms with Crippen molar-refractivity contribution in [1.29, 1.82) is 0 Å². The van der Waals surface area contributed by atoms with Gasteiger partial charge in [0.15, 0.2) is 5.13 Å². The first kappa shape index (κ1) is 12.9. The van der Waals surface area contributed by atoms with Crippen molar-refractivity contribution in [3.05, 3.63) is 11.1 Å². The van der Waals surface area contributed by atoms with Gasteiger partial charge in [0.25, 0.3) is 0 Å². The second-order valence-corrected chi connectivity index (χ2v) is 6.76. The van der Waals surface area contributed by atoms with Gasteiger partial charge in [-0.1, -0.05) is 0 Å². The fourth-order valence-electron chi connectivity index (χ4n) is 3.00. The molecule has 1 aromatic heterocycles. The van der Waals surface area contributed by atoms with Crippen molar-refractivity contribution in [1.82, 2.24) is 9.88 Å². The third-order valence-corrected chi connectivity index (χ3v) is 5.12. The van der Waals surface area contributed by atoms with Crippen LogP contribution in [0, 0.1) is 12.8 Å². The summed E-state index contributed by atoms with van der Waals surface area (Å²) in [5, 5.41) is 1.12. The number of likely N-dealkylation sites (tertiary alicyclic amines) is 1. The average Bonchev–Trinajstić information content (AvgIpc) is 3.09. The van der Waals surface area contributed by atoms with Crippen molar-refractivity contribution < 1.29 is 4.79 Å². The molecular weight excluding hydrogens is 258 g/mol. The van der Waals surface area contributed by atoms with Crippen molar-refractivity contribution in [3.8, 4) is 0 Å². The van der Waals surface area contributed by atoms with Crippen LogP contribution in [0.4, 0.5) is 5.13 Å². The van der Waals surface area contributed by atoms with E-state index in [0.29, 0.717) is 5.91 Å². The second kappa shape index (κ2) is 5.49. The predicted molar refractivity (Wildman–Crippen MR) is 77.6 cm³/mol. The maximum atomic E-state index is 12.3. The molecule has 2 saturated heterocycles. The molecule has 0 N–H and O–H groups in total. The Labute approximate surface area is 118 Å². The van der Waals surface area contributed by atoms with Crippen LogP contribution in [0.1, 0.15) is 30.6 Å². The molecular formula is C14H21N3OS. The van der Waals surface area contributed by atoms with Crippen molar-refractivity contribution in [3.63, 3.8) is 0 Å². The van der Waals surface area contributed by atoms with Crippen molar-refractivity contribution in [2.75, 3.05) is 31.1 Å². The molecule has 0 aromatic carbocycles. The van der Waals surface area contributed by atoms with Gasteiger partial charge in [0.1, 0.15) is 0 Å². The molecule has 0 bridgehead atoms. The van der Waals surface area contributed by atoms with Crippen molar-refractivity contribution >= 4 is 22.4 Å². The van der Waals surface area contributed by atoms with E-state index in [-0.39, 0.29) is 5.92 Å². The van der Waals surface area contributed by atoms with E-state index < -0.39 is 0 Å². The number of carbonyl (C=O) groups is 1. The number of piperidine rings is 1. The highest BCUT2D eigenvalue weighted by atomic mass is 32.1. The van der Waals surface area contributed by atoms with E-state index in [4.69, 9.17) is 0 Å². The molecule has 0 spiro atoms.